The van der Waals surface area contributed by atoms with Gasteiger partial charge < -0.3 is 30.6 Å². The van der Waals surface area contributed by atoms with Crippen LogP contribution in [0.25, 0.3) is 0 Å². The molecule has 0 saturated heterocycles. The minimum Gasteiger partial charge on any atom is -0.469 e. The topological polar surface area (TPSA) is 153 Å². The van der Waals surface area contributed by atoms with E-state index in [9.17, 15) is 32.8 Å². The minimum atomic E-state index is -4.73. The average Bonchev–Trinajstić information content (AvgIpc) is 2.88. The summed E-state index contributed by atoms with van der Waals surface area (Å²) in [5, 5.41) is 14.0. The first-order valence-electron chi connectivity index (χ1n) is 10.9. The molecule has 2 aromatic rings. The highest BCUT2D eigenvalue weighted by molar-refractivity contribution is 6.31. The maximum Gasteiger partial charge on any atom is 0.417 e. The number of alkyl halides is 3. The second kappa shape index (κ2) is 11.8. The first-order chi connectivity index (χ1) is 18.4. The maximum absolute atomic E-state index is 13.1. The van der Waals surface area contributed by atoms with Crippen LogP contribution in [0.1, 0.15) is 23.5 Å². The van der Waals surface area contributed by atoms with Gasteiger partial charge >= 0.3 is 24.1 Å². The quantitative estimate of drug-likeness (QED) is 0.423. The van der Waals surface area contributed by atoms with Crippen LogP contribution >= 0.6 is 11.6 Å². The predicted molar refractivity (Wildman–Crippen MR) is 132 cm³/mol. The zero-order chi connectivity index (χ0) is 28.9. The highest BCUT2D eigenvalue weighted by Crippen LogP contribution is 2.41. The Morgan fingerprint density at radius 2 is 1.77 bits per heavy atom. The van der Waals surface area contributed by atoms with Crippen molar-refractivity contribution in [1.82, 2.24) is 0 Å². The Morgan fingerprint density at radius 1 is 1.10 bits per heavy atom. The molecule has 1 heterocycles. The number of allylic oxidation sites excluding steroid dienone is 1. The van der Waals surface area contributed by atoms with E-state index >= 15 is 0 Å². The summed E-state index contributed by atoms with van der Waals surface area (Å²) in [6.45, 7) is 0. The number of benzene rings is 2. The molecule has 0 aromatic heterocycles. The Kier molecular flexibility index (Phi) is 8.72. The molecule has 2 aromatic carbocycles. The largest absolute Gasteiger partial charge is 0.469 e. The summed E-state index contributed by atoms with van der Waals surface area (Å²) >= 11 is 5.61. The SMILES string of the molecule is COC(=O)CC1=C(C(=O)OC)C(c2cccc(NC(=O)Nc3ccc(Cl)c(C(F)(F)F)c3)c2)C(C#N)=C(N)O1. The molecular formula is C25H20ClF3N4O6. The molecule has 0 fully saturated rings. The number of nitrogens with one attached hydrogen (secondary N) is 2. The number of nitriles is 1. The van der Waals surface area contributed by atoms with Gasteiger partial charge in [0, 0.05) is 11.4 Å². The van der Waals surface area contributed by atoms with Crippen molar-refractivity contribution in [1.29, 1.82) is 5.26 Å². The van der Waals surface area contributed by atoms with Crippen molar-refractivity contribution in [3.05, 3.63) is 81.4 Å². The normalized spacial score (nSPS) is 15.2. The van der Waals surface area contributed by atoms with E-state index < -0.39 is 47.1 Å². The van der Waals surface area contributed by atoms with Crippen LogP contribution in [0.4, 0.5) is 29.3 Å². The lowest BCUT2D eigenvalue weighted by Crippen LogP contribution is -2.27. The summed E-state index contributed by atoms with van der Waals surface area (Å²) in [6.07, 6.45) is -5.22. The lowest BCUT2D eigenvalue weighted by molar-refractivity contribution is -0.140. The van der Waals surface area contributed by atoms with Crippen LogP contribution in [0.3, 0.4) is 0 Å². The first kappa shape index (κ1) is 28.9. The molecule has 1 aliphatic rings. The Morgan fingerprint density at radius 3 is 2.36 bits per heavy atom. The number of methoxy groups -OCH3 is 2. The minimum absolute atomic E-state index is 0.149. The Labute approximate surface area is 224 Å². The van der Waals surface area contributed by atoms with E-state index in [1.165, 1.54) is 30.3 Å². The molecule has 4 N–H and O–H groups in total. The zero-order valence-corrected chi connectivity index (χ0v) is 21.1. The van der Waals surface area contributed by atoms with Crippen molar-refractivity contribution in [2.45, 2.75) is 18.5 Å². The standard InChI is InChI=1S/C25H20ClF3N4O6/c1-37-19(34)10-18-21(23(35)38-2)20(15(11-30)22(31)39-18)12-4-3-5-13(8-12)32-24(36)33-14-6-7-17(26)16(9-14)25(27,28)29/h3-9,20H,10,31H2,1-2H3,(H2,32,33,36). The van der Waals surface area contributed by atoms with Crippen LogP contribution in [0.15, 0.2) is 65.3 Å². The molecule has 0 bridgehead atoms. The molecule has 0 spiro atoms. The van der Waals surface area contributed by atoms with Gasteiger partial charge in [0.1, 0.15) is 23.8 Å². The molecule has 0 aliphatic carbocycles. The molecule has 1 atom stereocenters. The fourth-order valence-electron chi connectivity index (χ4n) is 3.73. The van der Waals surface area contributed by atoms with Crippen molar-refractivity contribution in [3.63, 3.8) is 0 Å². The van der Waals surface area contributed by atoms with Gasteiger partial charge in [0.15, 0.2) is 0 Å². The van der Waals surface area contributed by atoms with Crippen molar-refractivity contribution < 1.29 is 41.8 Å². The molecule has 10 nitrogen and oxygen atoms in total. The third kappa shape index (κ3) is 6.60. The monoisotopic (exact) mass is 564 g/mol. The smallest absolute Gasteiger partial charge is 0.417 e. The summed E-state index contributed by atoms with van der Waals surface area (Å²) in [7, 11) is 2.23. The third-order valence-electron chi connectivity index (χ3n) is 5.44. The number of rotatable bonds is 6. The van der Waals surface area contributed by atoms with E-state index in [4.69, 9.17) is 26.8 Å². The number of carbonyl (C=O) groups is 3. The number of nitrogens with two attached hydrogens (primary N) is 1. The van der Waals surface area contributed by atoms with E-state index in [-0.39, 0.29) is 39.7 Å². The van der Waals surface area contributed by atoms with Crippen LogP contribution in [0, 0.1) is 11.3 Å². The number of anilines is 2. The van der Waals surface area contributed by atoms with Crippen molar-refractivity contribution in [2.75, 3.05) is 24.9 Å². The second-order valence-electron chi connectivity index (χ2n) is 7.90. The molecule has 39 heavy (non-hydrogen) atoms. The second-order valence-corrected chi connectivity index (χ2v) is 8.31. The van der Waals surface area contributed by atoms with E-state index in [2.05, 4.69) is 15.4 Å². The summed E-state index contributed by atoms with van der Waals surface area (Å²) in [5.74, 6) is -3.34. The summed E-state index contributed by atoms with van der Waals surface area (Å²) in [6, 6.07) is 9.75. The summed E-state index contributed by atoms with van der Waals surface area (Å²) < 4.78 is 54.3. The van der Waals surface area contributed by atoms with E-state index in [0.717, 1.165) is 20.3 Å². The molecule has 204 valence electrons. The third-order valence-corrected chi connectivity index (χ3v) is 5.77. The number of hydrogen-bond acceptors (Lipinski definition) is 8. The Bertz CT molecular complexity index is 1430. The van der Waals surface area contributed by atoms with Crippen LogP contribution in [0.2, 0.25) is 5.02 Å². The van der Waals surface area contributed by atoms with Crippen LogP contribution < -0.4 is 16.4 Å². The Balaban J connectivity index is 1.95. The number of nitrogens with zero attached hydrogens (tertiary/aromatic N) is 1. The van der Waals surface area contributed by atoms with Crippen molar-refractivity contribution >= 4 is 40.9 Å². The molecule has 1 aliphatic heterocycles. The highest BCUT2D eigenvalue weighted by Gasteiger charge is 2.38. The van der Waals surface area contributed by atoms with Gasteiger partial charge in [0.05, 0.1) is 36.3 Å². The maximum atomic E-state index is 13.1. The summed E-state index contributed by atoms with van der Waals surface area (Å²) in [5.41, 5.74) is 4.71. The molecule has 3 rings (SSSR count). The number of halogens is 4. The fraction of sp³-hybridized carbons (Fsp3) is 0.200. The average molecular weight is 565 g/mol. The summed E-state index contributed by atoms with van der Waals surface area (Å²) in [4.78, 5) is 37.2. The predicted octanol–water partition coefficient (Wildman–Crippen LogP) is 4.80. The van der Waals surface area contributed by atoms with Gasteiger partial charge in [-0.05, 0) is 35.9 Å². The zero-order valence-electron chi connectivity index (χ0n) is 20.3. The van der Waals surface area contributed by atoms with Gasteiger partial charge in [-0.3, -0.25) is 4.79 Å². The van der Waals surface area contributed by atoms with Gasteiger partial charge in [-0.15, -0.1) is 0 Å². The van der Waals surface area contributed by atoms with Gasteiger partial charge in [0.2, 0.25) is 5.88 Å². The number of urea groups is 1. The Hall–Kier alpha value is -4.70. The number of ether oxygens (including phenoxy) is 3. The molecular weight excluding hydrogens is 545 g/mol. The van der Waals surface area contributed by atoms with E-state index in [1.54, 1.807) is 0 Å². The van der Waals surface area contributed by atoms with Crippen LogP contribution in [0.5, 0.6) is 0 Å². The highest BCUT2D eigenvalue weighted by atomic mass is 35.5. The molecule has 0 radical (unpaired) electrons. The lowest BCUT2D eigenvalue weighted by Gasteiger charge is -2.27. The van der Waals surface area contributed by atoms with Crippen molar-refractivity contribution in [2.24, 2.45) is 5.73 Å². The van der Waals surface area contributed by atoms with Crippen LogP contribution in [-0.4, -0.2) is 32.2 Å². The van der Waals surface area contributed by atoms with Gasteiger partial charge in [-0.2, -0.15) is 18.4 Å². The van der Waals surface area contributed by atoms with Crippen molar-refractivity contribution in [3.8, 4) is 6.07 Å². The van der Waals surface area contributed by atoms with E-state index in [0.29, 0.717) is 6.07 Å². The van der Waals surface area contributed by atoms with E-state index in [1.807, 2.05) is 6.07 Å². The number of amides is 2. The molecule has 1 unspecified atom stereocenters. The fourth-order valence-corrected chi connectivity index (χ4v) is 3.95. The van der Waals surface area contributed by atoms with Crippen LogP contribution in [-0.2, 0) is 30.0 Å². The van der Waals surface area contributed by atoms with Gasteiger partial charge in [-0.1, -0.05) is 23.7 Å². The first-order valence-corrected chi connectivity index (χ1v) is 11.3. The number of hydrogen-bond donors (Lipinski definition) is 3. The number of carbonyl (C=O) groups excluding carboxylic acids is 3. The van der Waals surface area contributed by atoms with Gasteiger partial charge in [-0.25, -0.2) is 9.59 Å². The number of esters is 2. The van der Waals surface area contributed by atoms with Gasteiger partial charge in [0.25, 0.3) is 0 Å². The lowest BCUT2D eigenvalue weighted by atomic mass is 9.82. The molecule has 14 heteroatoms. The molecule has 0 saturated carbocycles. The molecule has 2 amide bonds.